The van der Waals surface area contributed by atoms with Crippen molar-refractivity contribution in [3.05, 3.63) is 247 Å². The Kier molecular flexibility index (Phi) is 10.5. The summed E-state index contributed by atoms with van der Waals surface area (Å²) in [5, 5.41) is 35.1. The molecular formula is C66H38N8. The molecule has 3 heterocycles. The summed E-state index contributed by atoms with van der Waals surface area (Å²) in [7, 11) is 0. The van der Waals surface area contributed by atoms with Gasteiger partial charge >= 0.3 is 0 Å². The van der Waals surface area contributed by atoms with Crippen molar-refractivity contribution in [2.75, 3.05) is 0 Å². The first-order chi connectivity index (χ1) is 36.5. The van der Waals surface area contributed by atoms with E-state index < -0.39 is 0 Å². The van der Waals surface area contributed by atoms with Gasteiger partial charge in [-0.1, -0.05) is 146 Å². The molecule has 10 aromatic carbocycles. The van der Waals surface area contributed by atoms with Crippen LogP contribution in [-0.4, -0.2) is 24.1 Å². The molecule has 0 N–H and O–H groups in total. The van der Waals surface area contributed by atoms with Crippen molar-refractivity contribution < 1.29 is 0 Å². The van der Waals surface area contributed by atoms with Crippen LogP contribution in [0, 0.1) is 34.0 Å². The minimum absolute atomic E-state index is 0.409. The zero-order valence-corrected chi connectivity index (χ0v) is 39.5. The highest BCUT2D eigenvalue weighted by Gasteiger charge is 2.23. The molecule has 8 nitrogen and oxygen atoms in total. The standard InChI is InChI=1S/C66H38N8/c67-39-42-14-11-17-44(34-42)52-32-30-49(73-60-26-7-3-22-54(60)55-23-4-8-27-61(55)73)37-58(52)65-70-64(47-20-13-19-46(36-47)51-21-2-1-16-48(51)41-69)71-66(72-65)59-38-50(31-33-53(59)45-18-12-15-43(35-45)40-68)74-62-28-9-5-24-56(62)57-25-6-10-29-63(57)74/h1-38H. The van der Waals surface area contributed by atoms with Gasteiger partial charge in [-0.05, 0) is 118 Å². The second kappa shape index (κ2) is 17.9. The summed E-state index contributed by atoms with van der Waals surface area (Å²) < 4.78 is 4.55. The van der Waals surface area contributed by atoms with Gasteiger partial charge < -0.3 is 9.13 Å². The van der Waals surface area contributed by atoms with Crippen molar-refractivity contribution in [1.29, 1.82) is 15.8 Å². The molecule has 0 aliphatic rings. The van der Waals surface area contributed by atoms with Crippen LogP contribution in [0.3, 0.4) is 0 Å². The first-order valence-electron chi connectivity index (χ1n) is 24.2. The van der Waals surface area contributed by atoms with Gasteiger partial charge in [-0.15, -0.1) is 0 Å². The van der Waals surface area contributed by atoms with E-state index in [2.05, 4.69) is 161 Å². The van der Waals surface area contributed by atoms with Gasteiger partial charge in [0.1, 0.15) is 0 Å². The molecule has 0 atom stereocenters. The van der Waals surface area contributed by atoms with E-state index in [0.717, 1.165) is 105 Å². The van der Waals surface area contributed by atoms with Gasteiger partial charge in [-0.2, -0.15) is 15.8 Å². The van der Waals surface area contributed by atoms with E-state index in [4.69, 9.17) is 15.0 Å². The lowest BCUT2D eigenvalue weighted by Crippen LogP contribution is -2.04. The van der Waals surface area contributed by atoms with Crippen LogP contribution < -0.4 is 0 Å². The molecule has 0 spiro atoms. The van der Waals surface area contributed by atoms with Crippen molar-refractivity contribution in [2.45, 2.75) is 0 Å². The number of aromatic nitrogens is 5. The third kappa shape index (κ3) is 7.33. The summed E-state index contributed by atoms with van der Waals surface area (Å²) in [5.74, 6) is 1.23. The topological polar surface area (TPSA) is 120 Å². The van der Waals surface area contributed by atoms with Gasteiger partial charge in [-0.3, -0.25) is 0 Å². The monoisotopic (exact) mass is 942 g/mol. The lowest BCUT2D eigenvalue weighted by molar-refractivity contribution is 1.07. The molecule has 8 heteroatoms. The Bertz CT molecular complexity index is 4210. The largest absolute Gasteiger partial charge is 0.309 e. The molecule has 13 rings (SSSR count). The highest BCUT2D eigenvalue weighted by atomic mass is 15.0. The summed E-state index contributed by atoms with van der Waals surface area (Å²) in [6.45, 7) is 0. The maximum atomic E-state index is 10.2. The molecule has 342 valence electrons. The van der Waals surface area contributed by atoms with Crippen LogP contribution in [0.5, 0.6) is 0 Å². The van der Waals surface area contributed by atoms with Gasteiger partial charge in [0.2, 0.25) is 0 Å². The minimum Gasteiger partial charge on any atom is -0.309 e. The SMILES string of the molecule is N#Cc1cccc(-c2ccc(-n3c4ccccc4c4ccccc43)cc2-c2nc(-c3cccc(-c4ccccc4C#N)c3)nc(-c3cc(-n4c5ccccc5c5ccccc54)ccc3-c3cccc(C#N)c3)n2)c1. The average molecular weight is 943 g/mol. The van der Waals surface area contributed by atoms with Crippen LogP contribution >= 0.6 is 0 Å². The Morgan fingerprint density at radius 3 is 1.14 bits per heavy atom. The Labute approximate surface area is 425 Å². The summed E-state index contributed by atoms with van der Waals surface area (Å²) in [6, 6.07) is 84.2. The zero-order chi connectivity index (χ0) is 49.7. The van der Waals surface area contributed by atoms with Crippen molar-refractivity contribution in [2.24, 2.45) is 0 Å². The fourth-order valence-corrected chi connectivity index (χ4v) is 10.5. The predicted molar refractivity (Wildman–Crippen MR) is 295 cm³/mol. The average Bonchev–Trinajstić information content (AvgIpc) is 4.00. The molecule has 0 bridgehead atoms. The van der Waals surface area contributed by atoms with Crippen molar-refractivity contribution in [3.8, 4) is 97.1 Å². The number of benzene rings is 10. The van der Waals surface area contributed by atoms with E-state index >= 15 is 0 Å². The summed E-state index contributed by atoms with van der Waals surface area (Å²) in [4.78, 5) is 16.4. The minimum atomic E-state index is 0.409. The molecule has 0 unspecified atom stereocenters. The molecule has 0 radical (unpaired) electrons. The number of nitriles is 3. The smallest absolute Gasteiger partial charge is 0.164 e. The molecular weight excluding hydrogens is 905 g/mol. The van der Waals surface area contributed by atoms with E-state index in [1.54, 1.807) is 12.1 Å². The summed E-state index contributed by atoms with van der Waals surface area (Å²) >= 11 is 0. The third-order valence-electron chi connectivity index (χ3n) is 13.9. The summed E-state index contributed by atoms with van der Waals surface area (Å²) in [6.07, 6.45) is 0. The third-order valence-corrected chi connectivity index (χ3v) is 13.9. The second-order valence-corrected chi connectivity index (χ2v) is 18.1. The van der Waals surface area contributed by atoms with Gasteiger partial charge in [-0.25, -0.2) is 15.0 Å². The fourth-order valence-electron chi connectivity index (χ4n) is 10.5. The van der Waals surface area contributed by atoms with E-state index in [1.165, 1.54) is 0 Å². The normalized spacial score (nSPS) is 11.2. The van der Waals surface area contributed by atoms with Crippen molar-refractivity contribution in [1.82, 2.24) is 24.1 Å². The number of hydrogen-bond donors (Lipinski definition) is 0. The van der Waals surface area contributed by atoms with Crippen LogP contribution in [0.2, 0.25) is 0 Å². The number of nitrogens with zero attached hydrogens (tertiary/aromatic N) is 8. The number of rotatable bonds is 8. The van der Waals surface area contributed by atoms with E-state index in [1.807, 2.05) is 84.9 Å². The predicted octanol–water partition coefficient (Wildman–Crippen LogP) is 15.7. The van der Waals surface area contributed by atoms with E-state index in [9.17, 15) is 15.8 Å². The highest BCUT2D eigenvalue weighted by Crippen LogP contribution is 2.41. The molecule has 0 aliphatic carbocycles. The molecule has 74 heavy (non-hydrogen) atoms. The fraction of sp³-hybridized carbons (Fsp3) is 0. The molecule has 0 amide bonds. The molecule has 0 fully saturated rings. The Balaban J connectivity index is 1.13. The lowest BCUT2D eigenvalue weighted by atomic mass is 9.95. The highest BCUT2D eigenvalue weighted by molar-refractivity contribution is 6.10. The Morgan fingerprint density at radius 1 is 0.284 bits per heavy atom. The number of fused-ring (bicyclic) bond motifs is 6. The molecule has 0 aliphatic heterocycles. The van der Waals surface area contributed by atoms with Crippen LogP contribution in [-0.2, 0) is 0 Å². The van der Waals surface area contributed by atoms with Gasteiger partial charge in [0.15, 0.2) is 17.5 Å². The van der Waals surface area contributed by atoms with Crippen LogP contribution in [0.25, 0.3) is 123 Å². The molecule has 3 aromatic heterocycles. The number of para-hydroxylation sites is 4. The van der Waals surface area contributed by atoms with E-state index in [-0.39, 0.29) is 0 Å². The lowest BCUT2D eigenvalue weighted by Gasteiger charge is -2.17. The Hall–Kier alpha value is -10.7. The Morgan fingerprint density at radius 2 is 0.676 bits per heavy atom. The molecule has 0 saturated heterocycles. The zero-order valence-electron chi connectivity index (χ0n) is 39.5. The summed E-state index contributed by atoms with van der Waals surface area (Å²) in [5.41, 5.74) is 14.7. The first-order valence-corrected chi connectivity index (χ1v) is 24.2. The van der Waals surface area contributed by atoms with Crippen LogP contribution in [0.1, 0.15) is 16.7 Å². The molecule has 0 saturated carbocycles. The maximum absolute atomic E-state index is 10.2. The number of hydrogen-bond acceptors (Lipinski definition) is 6. The quantitative estimate of drug-likeness (QED) is 0.150. The van der Waals surface area contributed by atoms with Gasteiger partial charge in [0.05, 0.1) is 57.0 Å². The van der Waals surface area contributed by atoms with Crippen molar-refractivity contribution in [3.63, 3.8) is 0 Å². The van der Waals surface area contributed by atoms with Gasteiger partial charge in [0, 0.05) is 49.6 Å². The van der Waals surface area contributed by atoms with E-state index in [0.29, 0.717) is 34.2 Å². The van der Waals surface area contributed by atoms with Crippen LogP contribution in [0.4, 0.5) is 0 Å². The maximum Gasteiger partial charge on any atom is 0.164 e. The molecule has 13 aromatic rings. The van der Waals surface area contributed by atoms with Gasteiger partial charge in [0.25, 0.3) is 0 Å². The van der Waals surface area contributed by atoms with Crippen LogP contribution in [0.15, 0.2) is 231 Å². The first kappa shape index (κ1) is 43.3. The van der Waals surface area contributed by atoms with Crippen molar-refractivity contribution >= 4 is 43.6 Å². The second-order valence-electron chi connectivity index (χ2n) is 18.1.